The molecule has 0 amide bonds. The van der Waals surface area contributed by atoms with Crippen LogP contribution in [0.15, 0.2) is 29.2 Å². The minimum atomic E-state index is -4.22. The Bertz CT molecular complexity index is 370. The summed E-state index contributed by atoms with van der Waals surface area (Å²) in [6.45, 7) is -0.0389. The van der Waals surface area contributed by atoms with Crippen molar-refractivity contribution >= 4 is 11.8 Å². The monoisotopic (exact) mass is 261 g/mol. The van der Waals surface area contributed by atoms with Gasteiger partial charge in [-0.05, 0) is 36.8 Å². The van der Waals surface area contributed by atoms with Gasteiger partial charge in [-0.3, -0.25) is 0 Å². The molecule has 0 aliphatic heterocycles. The van der Waals surface area contributed by atoms with E-state index in [-0.39, 0.29) is 12.6 Å². The Morgan fingerprint density at radius 2 is 1.82 bits per heavy atom. The van der Waals surface area contributed by atoms with Crippen LogP contribution in [0.5, 0.6) is 0 Å². The predicted octanol–water partition coefficient (Wildman–Crippen LogP) is 3.89. The van der Waals surface area contributed by atoms with Crippen molar-refractivity contribution in [1.82, 2.24) is 4.90 Å². The highest BCUT2D eigenvalue weighted by Gasteiger charge is 2.45. The fourth-order valence-electron chi connectivity index (χ4n) is 1.74. The van der Waals surface area contributed by atoms with E-state index in [1.54, 1.807) is 23.9 Å². The second kappa shape index (κ2) is 4.90. The zero-order chi connectivity index (χ0) is 12.5. The second-order valence-corrected chi connectivity index (χ2v) is 5.05. The quantitative estimate of drug-likeness (QED) is 0.597. The third kappa shape index (κ3) is 3.39. The smallest absolute Gasteiger partial charge is 0.207 e. The number of thioether (sulfide) groups is 1. The molecule has 5 heteroatoms. The number of hydrogen-bond acceptors (Lipinski definition) is 2. The van der Waals surface area contributed by atoms with E-state index in [1.807, 2.05) is 18.4 Å². The first kappa shape index (κ1) is 12.8. The molecule has 0 atom stereocenters. The molecule has 1 nitrogen and oxygen atoms in total. The fourth-order valence-corrected chi connectivity index (χ4v) is 2.15. The van der Waals surface area contributed by atoms with Gasteiger partial charge in [-0.25, -0.2) is 4.90 Å². The summed E-state index contributed by atoms with van der Waals surface area (Å²) in [4.78, 5) is 1.71. The molecule has 1 aromatic rings. The van der Waals surface area contributed by atoms with Crippen LogP contribution in [0.4, 0.5) is 13.2 Å². The van der Waals surface area contributed by atoms with Crippen LogP contribution < -0.4 is 0 Å². The van der Waals surface area contributed by atoms with Crippen LogP contribution >= 0.6 is 11.8 Å². The van der Waals surface area contributed by atoms with Crippen molar-refractivity contribution in [2.75, 3.05) is 6.26 Å². The molecule has 1 fully saturated rings. The van der Waals surface area contributed by atoms with Crippen molar-refractivity contribution in [2.45, 2.75) is 36.6 Å². The molecule has 1 aromatic carbocycles. The lowest BCUT2D eigenvalue weighted by Crippen LogP contribution is -2.39. The largest absolute Gasteiger partial charge is 0.460 e. The Labute approximate surface area is 103 Å². The maximum atomic E-state index is 12.8. The molecular weight excluding hydrogens is 247 g/mol. The van der Waals surface area contributed by atoms with Gasteiger partial charge in [-0.2, -0.15) is 13.2 Å². The summed E-state index contributed by atoms with van der Waals surface area (Å²) in [5, 5.41) is 0. The molecule has 94 valence electrons. The Kier molecular flexibility index (Phi) is 3.68. The van der Waals surface area contributed by atoms with E-state index in [4.69, 9.17) is 0 Å². The van der Waals surface area contributed by atoms with E-state index in [9.17, 15) is 13.2 Å². The van der Waals surface area contributed by atoms with E-state index in [2.05, 4.69) is 0 Å². The molecule has 0 aromatic heterocycles. The highest BCUT2D eigenvalue weighted by molar-refractivity contribution is 7.98. The number of benzene rings is 1. The predicted molar refractivity (Wildman–Crippen MR) is 62.8 cm³/mol. The lowest BCUT2D eigenvalue weighted by molar-refractivity contribution is -0.253. The molecule has 1 aliphatic carbocycles. The van der Waals surface area contributed by atoms with E-state index in [0.29, 0.717) is 23.3 Å². The van der Waals surface area contributed by atoms with E-state index < -0.39 is 6.30 Å². The number of halogens is 3. The number of rotatable bonds is 4. The summed E-state index contributed by atoms with van der Waals surface area (Å²) in [5.41, 5.74) is 0.715. The van der Waals surface area contributed by atoms with Crippen LogP contribution in [0, 0.1) is 0 Å². The third-order valence-corrected chi connectivity index (χ3v) is 3.57. The van der Waals surface area contributed by atoms with Crippen LogP contribution in [-0.4, -0.2) is 23.5 Å². The first-order chi connectivity index (χ1) is 8.00. The normalized spacial score (nSPS) is 16.5. The molecule has 2 rings (SSSR count). The summed E-state index contributed by atoms with van der Waals surface area (Å²) in [7, 11) is 0. The van der Waals surface area contributed by atoms with Gasteiger partial charge < -0.3 is 0 Å². The van der Waals surface area contributed by atoms with Crippen LogP contribution in [0.2, 0.25) is 0 Å². The number of alkyl halides is 3. The number of hydrogen-bond donors (Lipinski definition) is 0. The Hall–Kier alpha value is -0.680. The minimum absolute atomic E-state index is 0.0389. The van der Waals surface area contributed by atoms with Gasteiger partial charge in [0.1, 0.15) is 0 Å². The molecule has 1 aliphatic rings. The maximum absolute atomic E-state index is 12.8. The molecule has 0 radical (unpaired) electrons. The van der Waals surface area contributed by atoms with E-state index >= 15 is 0 Å². The fraction of sp³-hybridized carbons (Fsp3) is 0.500. The van der Waals surface area contributed by atoms with Crippen LogP contribution in [-0.2, 0) is 6.54 Å². The molecule has 0 spiro atoms. The van der Waals surface area contributed by atoms with Crippen LogP contribution in [0.25, 0.3) is 0 Å². The van der Waals surface area contributed by atoms with Gasteiger partial charge >= 0.3 is 6.30 Å². The van der Waals surface area contributed by atoms with Crippen molar-refractivity contribution in [1.29, 1.82) is 0 Å². The Balaban J connectivity index is 2.06. The second-order valence-electron chi connectivity index (χ2n) is 4.17. The molecule has 0 bridgehead atoms. The molecule has 17 heavy (non-hydrogen) atoms. The molecular formula is C12H14F3NS. The van der Waals surface area contributed by atoms with Crippen molar-refractivity contribution in [3.05, 3.63) is 29.8 Å². The SMILES string of the molecule is CSc1ccc(CN(C2CC2)C(F)(F)F)cc1. The first-order valence-electron chi connectivity index (χ1n) is 5.47. The van der Waals surface area contributed by atoms with Crippen molar-refractivity contribution < 1.29 is 13.2 Å². The van der Waals surface area contributed by atoms with Crippen molar-refractivity contribution in [3.8, 4) is 0 Å². The van der Waals surface area contributed by atoms with Crippen molar-refractivity contribution in [3.63, 3.8) is 0 Å². The standard InChI is InChI=1S/C12H14F3NS/c1-17-11-6-2-9(3-7-11)8-16(10-4-5-10)12(13,14)15/h2-3,6-7,10H,4-5,8H2,1H3. The zero-order valence-electron chi connectivity index (χ0n) is 9.50. The Morgan fingerprint density at radius 1 is 1.24 bits per heavy atom. The van der Waals surface area contributed by atoms with Gasteiger partial charge in [-0.1, -0.05) is 12.1 Å². The zero-order valence-corrected chi connectivity index (χ0v) is 10.3. The van der Waals surface area contributed by atoms with Gasteiger partial charge in [0.2, 0.25) is 0 Å². The van der Waals surface area contributed by atoms with Gasteiger partial charge in [0, 0.05) is 17.5 Å². The van der Waals surface area contributed by atoms with E-state index in [0.717, 1.165) is 4.90 Å². The third-order valence-electron chi connectivity index (χ3n) is 2.83. The molecule has 1 saturated carbocycles. The van der Waals surface area contributed by atoms with Crippen molar-refractivity contribution in [2.24, 2.45) is 0 Å². The highest BCUT2D eigenvalue weighted by atomic mass is 32.2. The molecule has 0 N–H and O–H groups in total. The van der Waals surface area contributed by atoms with Crippen LogP contribution in [0.3, 0.4) is 0 Å². The summed E-state index contributed by atoms with van der Waals surface area (Å²) < 4.78 is 38.3. The topological polar surface area (TPSA) is 3.24 Å². The number of nitrogens with zero attached hydrogens (tertiary/aromatic N) is 1. The molecule has 0 saturated heterocycles. The van der Waals surface area contributed by atoms with Gasteiger partial charge in [-0.15, -0.1) is 11.8 Å². The lowest BCUT2D eigenvalue weighted by atomic mass is 10.2. The maximum Gasteiger partial charge on any atom is 0.460 e. The summed E-state index contributed by atoms with van der Waals surface area (Å²) >= 11 is 1.58. The molecule has 0 heterocycles. The Morgan fingerprint density at radius 3 is 2.24 bits per heavy atom. The average Bonchev–Trinajstić information content (AvgIpc) is 3.09. The lowest BCUT2D eigenvalue weighted by Gasteiger charge is -2.24. The minimum Gasteiger partial charge on any atom is -0.207 e. The first-order valence-corrected chi connectivity index (χ1v) is 6.69. The van der Waals surface area contributed by atoms with Gasteiger partial charge in [0.25, 0.3) is 0 Å². The van der Waals surface area contributed by atoms with Crippen LogP contribution in [0.1, 0.15) is 18.4 Å². The van der Waals surface area contributed by atoms with Gasteiger partial charge in [0.15, 0.2) is 0 Å². The van der Waals surface area contributed by atoms with E-state index in [1.165, 1.54) is 0 Å². The molecule has 0 unspecified atom stereocenters. The summed E-state index contributed by atoms with van der Waals surface area (Å²) in [6, 6.07) is 6.96. The summed E-state index contributed by atoms with van der Waals surface area (Å²) in [5.74, 6) is 0. The average molecular weight is 261 g/mol. The van der Waals surface area contributed by atoms with Gasteiger partial charge in [0.05, 0.1) is 0 Å². The highest BCUT2D eigenvalue weighted by Crippen LogP contribution is 2.36. The summed E-state index contributed by atoms with van der Waals surface area (Å²) in [6.07, 6.45) is -0.967.